The fraction of sp³-hybridized carbons (Fsp3) is 0.706. The van der Waals surface area contributed by atoms with Crippen molar-refractivity contribution in [1.29, 1.82) is 0 Å². The molecule has 0 atom stereocenters. The van der Waals surface area contributed by atoms with Gasteiger partial charge in [-0.1, -0.05) is 0 Å². The van der Waals surface area contributed by atoms with E-state index < -0.39 is 6.03 Å². The van der Waals surface area contributed by atoms with Crippen LogP contribution in [-0.4, -0.2) is 27.7 Å². The summed E-state index contributed by atoms with van der Waals surface area (Å²) < 4.78 is 1.38. The van der Waals surface area contributed by atoms with Crippen LogP contribution < -0.4 is 21.9 Å². The van der Waals surface area contributed by atoms with E-state index in [1.165, 1.54) is 42.9 Å². The topological polar surface area (TPSA) is 102 Å². The summed E-state index contributed by atoms with van der Waals surface area (Å²) in [7, 11) is 1.62. The van der Waals surface area contributed by atoms with E-state index in [1.807, 2.05) is 0 Å². The number of carbonyl (C=O) groups is 1. The fourth-order valence-electron chi connectivity index (χ4n) is 5.32. The first-order chi connectivity index (χ1) is 11.5. The van der Waals surface area contributed by atoms with Crippen LogP contribution in [0.5, 0.6) is 0 Å². The maximum absolute atomic E-state index is 12.2. The summed E-state index contributed by atoms with van der Waals surface area (Å²) >= 11 is 0. The number of aryl methyl sites for hydroxylation is 1. The molecule has 1 aromatic rings. The van der Waals surface area contributed by atoms with Gasteiger partial charge >= 0.3 is 6.03 Å². The Morgan fingerprint density at radius 3 is 2.54 bits per heavy atom. The molecule has 0 aromatic carbocycles. The molecule has 4 bridgehead atoms. The Morgan fingerprint density at radius 1 is 1.29 bits per heavy atom. The van der Waals surface area contributed by atoms with E-state index in [4.69, 9.17) is 5.73 Å². The van der Waals surface area contributed by atoms with E-state index in [9.17, 15) is 9.59 Å². The van der Waals surface area contributed by atoms with Gasteiger partial charge in [-0.15, -0.1) is 0 Å². The van der Waals surface area contributed by atoms with Crippen LogP contribution in [-0.2, 0) is 7.05 Å². The molecule has 2 amide bonds. The number of aromatic nitrogens is 2. The molecule has 7 heteroatoms. The van der Waals surface area contributed by atoms with Crippen molar-refractivity contribution in [2.24, 2.45) is 36.5 Å². The van der Waals surface area contributed by atoms with Gasteiger partial charge in [-0.3, -0.25) is 10.1 Å². The van der Waals surface area contributed by atoms with Crippen LogP contribution in [0.1, 0.15) is 32.1 Å². The lowest BCUT2D eigenvalue weighted by atomic mass is 9.49. The van der Waals surface area contributed by atoms with Gasteiger partial charge in [0.2, 0.25) is 5.82 Å². The van der Waals surface area contributed by atoms with E-state index >= 15 is 0 Å². The largest absolute Gasteiger partial charge is 0.336 e. The predicted octanol–water partition coefficient (Wildman–Crippen LogP) is 1.06. The Labute approximate surface area is 141 Å². The summed E-state index contributed by atoms with van der Waals surface area (Å²) in [6, 6.07) is -0.413. The average molecular weight is 331 g/mol. The SMILES string of the molecule is Cn1ccnc(NC(=O)NCC2(N)C3CC4CC(C3)CC2C4)c1=O. The first-order valence-corrected chi connectivity index (χ1v) is 8.81. The fourth-order valence-corrected chi connectivity index (χ4v) is 5.32. The third kappa shape index (κ3) is 2.51. The lowest BCUT2D eigenvalue weighted by Crippen LogP contribution is -2.67. The Bertz CT molecular complexity index is 685. The summed E-state index contributed by atoms with van der Waals surface area (Å²) in [6.07, 6.45) is 9.22. The monoisotopic (exact) mass is 331 g/mol. The van der Waals surface area contributed by atoms with Crippen molar-refractivity contribution < 1.29 is 4.79 Å². The highest BCUT2D eigenvalue weighted by atomic mass is 16.2. The zero-order valence-electron chi connectivity index (χ0n) is 14.0. The minimum Gasteiger partial charge on any atom is -0.336 e. The van der Waals surface area contributed by atoms with Gasteiger partial charge < -0.3 is 15.6 Å². The van der Waals surface area contributed by atoms with Gasteiger partial charge in [-0.2, -0.15) is 0 Å². The molecule has 130 valence electrons. The summed E-state index contributed by atoms with van der Waals surface area (Å²) in [5.41, 5.74) is 6.13. The molecule has 1 heterocycles. The highest BCUT2D eigenvalue weighted by Crippen LogP contribution is 2.57. The van der Waals surface area contributed by atoms with Crippen LogP contribution in [0.15, 0.2) is 17.2 Å². The molecule has 1 aromatic heterocycles. The van der Waals surface area contributed by atoms with Gasteiger partial charge in [0.05, 0.1) is 0 Å². The predicted molar refractivity (Wildman–Crippen MR) is 90.5 cm³/mol. The number of rotatable bonds is 3. The van der Waals surface area contributed by atoms with Crippen LogP contribution in [0.4, 0.5) is 10.6 Å². The van der Waals surface area contributed by atoms with Crippen LogP contribution in [0.2, 0.25) is 0 Å². The molecule has 5 rings (SSSR count). The minimum absolute atomic E-state index is 0.0358. The molecule has 4 N–H and O–H groups in total. The van der Waals surface area contributed by atoms with Crippen molar-refractivity contribution in [3.63, 3.8) is 0 Å². The van der Waals surface area contributed by atoms with Crippen LogP contribution >= 0.6 is 0 Å². The van der Waals surface area contributed by atoms with Gasteiger partial charge in [-0.05, 0) is 55.8 Å². The standard InChI is InChI=1S/C17H25N5O2/c1-22-3-2-19-14(15(22)23)21-16(24)20-9-17(18)12-5-10-4-11(7-12)8-13(17)6-10/h2-3,10-13H,4-9,18H2,1H3,(H2,19,20,21,24). The number of nitrogens with zero attached hydrogens (tertiary/aromatic N) is 2. The molecule has 4 fully saturated rings. The highest BCUT2D eigenvalue weighted by molar-refractivity contribution is 5.88. The summed E-state index contributed by atoms with van der Waals surface area (Å²) in [4.78, 5) is 28.0. The Balaban J connectivity index is 1.40. The number of amides is 2. The van der Waals surface area contributed by atoms with Gasteiger partial charge in [-0.25, -0.2) is 9.78 Å². The Kier molecular flexibility index (Phi) is 3.63. The molecular formula is C17H25N5O2. The lowest BCUT2D eigenvalue weighted by Gasteiger charge is -2.59. The minimum atomic E-state index is -0.413. The van der Waals surface area contributed by atoms with E-state index in [2.05, 4.69) is 15.6 Å². The second kappa shape index (κ2) is 5.58. The number of anilines is 1. The van der Waals surface area contributed by atoms with Crippen molar-refractivity contribution in [1.82, 2.24) is 14.9 Å². The van der Waals surface area contributed by atoms with Gasteiger partial charge in [0.25, 0.3) is 5.56 Å². The number of carbonyl (C=O) groups excluding carboxylic acids is 1. The maximum atomic E-state index is 12.2. The van der Waals surface area contributed by atoms with E-state index in [0.29, 0.717) is 18.4 Å². The van der Waals surface area contributed by atoms with Crippen molar-refractivity contribution in [2.75, 3.05) is 11.9 Å². The van der Waals surface area contributed by atoms with Crippen LogP contribution in [0.3, 0.4) is 0 Å². The smallest absolute Gasteiger partial charge is 0.320 e. The third-order valence-electron chi connectivity index (χ3n) is 6.46. The molecule has 0 unspecified atom stereocenters. The van der Waals surface area contributed by atoms with Gasteiger partial charge in [0, 0.05) is 31.5 Å². The van der Waals surface area contributed by atoms with Crippen molar-refractivity contribution in [3.8, 4) is 0 Å². The number of urea groups is 1. The molecule has 4 aliphatic carbocycles. The first-order valence-electron chi connectivity index (χ1n) is 8.81. The number of nitrogens with two attached hydrogens (primary N) is 1. The van der Waals surface area contributed by atoms with Crippen LogP contribution in [0.25, 0.3) is 0 Å². The van der Waals surface area contributed by atoms with E-state index in [1.54, 1.807) is 13.2 Å². The normalized spacial score (nSPS) is 36.6. The molecule has 0 spiro atoms. The second-order valence-corrected chi connectivity index (χ2v) is 7.92. The molecule has 24 heavy (non-hydrogen) atoms. The molecule has 0 saturated heterocycles. The molecule has 0 aliphatic heterocycles. The van der Waals surface area contributed by atoms with E-state index in [0.717, 1.165) is 11.8 Å². The highest BCUT2D eigenvalue weighted by Gasteiger charge is 2.55. The molecule has 7 nitrogen and oxygen atoms in total. The average Bonchev–Trinajstić information content (AvgIpc) is 2.54. The molecule has 4 aliphatic rings. The summed E-state index contributed by atoms with van der Waals surface area (Å²) in [6.45, 7) is 0.459. The van der Waals surface area contributed by atoms with Crippen molar-refractivity contribution in [2.45, 2.75) is 37.6 Å². The van der Waals surface area contributed by atoms with E-state index in [-0.39, 0.29) is 16.9 Å². The van der Waals surface area contributed by atoms with Crippen molar-refractivity contribution in [3.05, 3.63) is 22.7 Å². The number of hydrogen-bond donors (Lipinski definition) is 3. The second-order valence-electron chi connectivity index (χ2n) is 7.92. The maximum Gasteiger partial charge on any atom is 0.320 e. The van der Waals surface area contributed by atoms with Gasteiger partial charge in [0.15, 0.2) is 0 Å². The Hall–Kier alpha value is -1.89. The van der Waals surface area contributed by atoms with Crippen LogP contribution in [0, 0.1) is 23.7 Å². The van der Waals surface area contributed by atoms with Gasteiger partial charge in [0.1, 0.15) is 0 Å². The lowest BCUT2D eigenvalue weighted by molar-refractivity contribution is -0.0528. The zero-order valence-corrected chi connectivity index (χ0v) is 14.0. The van der Waals surface area contributed by atoms with Crippen molar-refractivity contribution >= 4 is 11.8 Å². The third-order valence-corrected chi connectivity index (χ3v) is 6.46. The Morgan fingerprint density at radius 2 is 1.92 bits per heavy atom. The number of nitrogens with one attached hydrogen (secondary N) is 2. The quantitative estimate of drug-likeness (QED) is 0.770. The molecule has 0 radical (unpaired) electrons. The first kappa shape index (κ1) is 15.6. The molecular weight excluding hydrogens is 306 g/mol. The zero-order chi connectivity index (χ0) is 16.9. The number of hydrogen-bond acceptors (Lipinski definition) is 4. The summed E-state index contributed by atoms with van der Waals surface area (Å²) in [5.74, 6) is 2.74. The summed E-state index contributed by atoms with van der Waals surface area (Å²) in [5, 5.41) is 5.42. The molecule has 4 saturated carbocycles.